The molecule has 0 saturated heterocycles. The fourth-order valence-corrected chi connectivity index (χ4v) is 3.30. The summed E-state index contributed by atoms with van der Waals surface area (Å²) < 4.78 is 36.1. The van der Waals surface area contributed by atoms with Crippen molar-refractivity contribution in [3.8, 4) is 11.6 Å². The van der Waals surface area contributed by atoms with Gasteiger partial charge in [-0.3, -0.25) is 0 Å². The van der Waals surface area contributed by atoms with Gasteiger partial charge in [-0.1, -0.05) is 5.21 Å². The van der Waals surface area contributed by atoms with Gasteiger partial charge in [-0.05, 0) is 25.8 Å². The van der Waals surface area contributed by atoms with Gasteiger partial charge >= 0.3 is 0 Å². The first-order valence-corrected chi connectivity index (χ1v) is 9.53. The monoisotopic (exact) mass is 403 g/mol. The minimum absolute atomic E-state index is 0.0501. The van der Waals surface area contributed by atoms with Gasteiger partial charge in [-0.2, -0.15) is 5.10 Å². The standard InChI is InChI=1S/C19H23F2N7O/c1-13-5-8-28(25-13)18-10-16(29-12-15-11-22-26-27(15)2)9-17(24-18)23-14-3-6-19(20,21)7-4-14/h5,8-11,14H,3-4,6-7,12H2,1-2H3,(H,23,24). The molecular formula is C19H23F2N7O. The second kappa shape index (κ2) is 7.76. The molecule has 0 radical (unpaired) electrons. The van der Waals surface area contributed by atoms with Crippen LogP contribution in [0.3, 0.4) is 0 Å². The van der Waals surface area contributed by atoms with E-state index in [1.165, 1.54) is 0 Å². The summed E-state index contributed by atoms with van der Waals surface area (Å²) in [5.74, 6) is -0.815. The maximum atomic E-state index is 13.4. The van der Waals surface area contributed by atoms with Gasteiger partial charge in [0.2, 0.25) is 5.92 Å². The maximum Gasteiger partial charge on any atom is 0.248 e. The number of hydrogen-bond acceptors (Lipinski definition) is 6. The van der Waals surface area contributed by atoms with Gasteiger partial charge in [0.05, 0.1) is 17.6 Å². The number of anilines is 1. The van der Waals surface area contributed by atoms with E-state index in [0.717, 1.165) is 11.4 Å². The number of nitrogens with zero attached hydrogens (tertiary/aromatic N) is 6. The molecule has 1 aliphatic carbocycles. The molecule has 3 heterocycles. The number of aromatic nitrogens is 6. The van der Waals surface area contributed by atoms with Crippen molar-refractivity contribution in [3.63, 3.8) is 0 Å². The third-order valence-electron chi connectivity index (χ3n) is 5.01. The highest BCUT2D eigenvalue weighted by atomic mass is 19.3. The summed E-state index contributed by atoms with van der Waals surface area (Å²) in [5.41, 5.74) is 1.69. The molecule has 10 heteroatoms. The van der Waals surface area contributed by atoms with Crippen LogP contribution in [0.4, 0.5) is 14.6 Å². The average molecular weight is 403 g/mol. The summed E-state index contributed by atoms with van der Waals surface area (Å²) in [7, 11) is 1.79. The Morgan fingerprint density at radius 2 is 2.07 bits per heavy atom. The van der Waals surface area contributed by atoms with Crippen molar-refractivity contribution in [2.24, 2.45) is 7.05 Å². The van der Waals surface area contributed by atoms with Crippen LogP contribution in [0.2, 0.25) is 0 Å². The molecule has 4 rings (SSSR count). The zero-order valence-corrected chi connectivity index (χ0v) is 16.3. The van der Waals surface area contributed by atoms with E-state index < -0.39 is 5.92 Å². The first kappa shape index (κ1) is 19.3. The van der Waals surface area contributed by atoms with E-state index in [-0.39, 0.29) is 18.9 Å². The Morgan fingerprint density at radius 3 is 2.72 bits per heavy atom. The minimum atomic E-state index is -2.56. The molecule has 1 N–H and O–H groups in total. The molecule has 1 saturated carbocycles. The number of nitrogens with one attached hydrogen (secondary N) is 1. The number of ether oxygens (including phenoxy) is 1. The van der Waals surface area contributed by atoms with E-state index in [0.29, 0.717) is 36.8 Å². The first-order valence-electron chi connectivity index (χ1n) is 9.53. The van der Waals surface area contributed by atoms with Crippen LogP contribution in [0.1, 0.15) is 37.1 Å². The zero-order chi connectivity index (χ0) is 20.4. The van der Waals surface area contributed by atoms with E-state index >= 15 is 0 Å². The molecule has 29 heavy (non-hydrogen) atoms. The molecule has 0 atom stereocenters. The molecule has 8 nitrogen and oxygen atoms in total. The molecule has 3 aromatic heterocycles. The Morgan fingerprint density at radius 1 is 1.28 bits per heavy atom. The third-order valence-corrected chi connectivity index (χ3v) is 5.01. The first-order chi connectivity index (χ1) is 13.9. The van der Waals surface area contributed by atoms with Crippen molar-refractivity contribution in [1.29, 1.82) is 0 Å². The Labute approximate surface area is 166 Å². The van der Waals surface area contributed by atoms with E-state index in [2.05, 4.69) is 25.7 Å². The predicted molar refractivity (Wildman–Crippen MR) is 102 cm³/mol. The molecule has 3 aromatic rings. The van der Waals surface area contributed by atoms with E-state index in [4.69, 9.17) is 4.74 Å². The smallest absolute Gasteiger partial charge is 0.248 e. The minimum Gasteiger partial charge on any atom is -0.487 e. The quantitative estimate of drug-likeness (QED) is 0.680. The summed E-state index contributed by atoms with van der Waals surface area (Å²) in [6, 6.07) is 5.39. The SMILES string of the molecule is Cc1ccn(-c2cc(OCc3cnnn3C)cc(NC3CCC(F)(F)CC3)n2)n1. The molecule has 0 unspecified atom stereocenters. The van der Waals surface area contributed by atoms with Crippen LogP contribution in [-0.4, -0.2) is 41.7 Å². The lowest BCUT2D eigenvalue weighted by Gasteiger charge is -2.29. The topological polar surface area (TPSA) is 82.7 Å². The van der Waals surface area contributed by atoms with E-state index in [1.54, 1.807) is 34.7 Å². The van der Waals surface area contributed by atoms with E-state index in [9.17, 15) is 8.78 Å². The van der Waals surface area contributed by atoms with Crippen molar-refractivity contribution in [2.45, 2.75) is 51.2 Å². The Kier molecular flexibility index (Phi) is 5.16. The number of alkyl halides is 2. The molecule has 0 spiro atoms. The van der Waals surface area contributed by atoms with Gasteiger partial charge in [-0.15, -0.1) is 5.10 Å². The molecule has 154 valence electrons. The Bertz CT molecular complexity index is 975. The number of aryl methyl sites for hydroxylation is 2. The molecule has 0 bridgehead atoms. The van der Waals surface area contributed by atoms with Gasteiger partial charge in [0, 0.05) is 44.3 Å². The maximum absolute atomic E-state index is 13.4. The van der Waals surface area contributed by atoms with Crippen LogP contribution in [0, 0.1) is 6.92 Å². The number of rotatable bonds is 6. The molecule has 1 aliphatic rings. The van der Waals surface area contributed by atoms with Gasteiger partial charge in [0.15, 0.2) is 5.82 Å². The molecule has 0 aromatic carbocycles. The van der Waals surface area contributed by atoms with Gasteiger partial charge in [0.1, 0.15) is 18.2 Å². The summed E-state index contributed by atoms with van der Waals surface area (Å²) in [6.45, 7) is 2.19. The highest BCUT2D eigenvalue weighted by molar-refractivity contribution is 5.47. The van der Waals surface area contributed by atoms with Crippen molar-refractivity contribution >= 4 is 5.82 Å². The summed E-state index contributed by atoms with van der Waals surface area (Å²) in [6.07, 6.45) is 4.03. The Hall–Kier alpha value is -3.04. The van der Waals surface area contributed by atoms with Crippen LogP contribution >= 0.6 is 0 Å². The van der Waals surface area contributed by atoms with Gasteiger partial charge in [0.25, 0.3) is 0 Å². The number of hydrogen-bond donors (Lipinski definition) is 1. The Balaban J connectivity index is 1.55. The zero-order valence-electron chi connectivity index (χ0n) is 16.3. The van der Waals surface area contributed by atoms with Gasteiger partial charge in [-0.25, -0.2) is 23.1 Å². The van der Waals surface area contributed by atoms with Gasteiger partial charge < -0.3 is 10.1 Å². The number of pyridine rings is 1. The lowest BCUT2D eigenvalue weighted by atomic mass is 9.92. The highest BCUT2D eigenvalue weighted by Crippen LogP contribution is 2.34. The average Bonchev–Trinajstić information content (AvgIpc) is 3.30. The molecule has 1 fully saturated rings. The fraction of sp³-hybridized carbons (Fsp3) is 0.474. The number of halogens is 2. The summed E-state index contributed by atoms with van der Waals surface area (Å²) in [5, 5.41) is 15.4. The van der Waals surface area contributed by atoms with Crippen LogP contribution < -0.4 is 10.1 Å². The van der Waals surface area contributed by atoms with Crippen LogP contribution in [-0.2, 0) is 13.7 Å². The van der Waals surface area contributed by atoms with Crippen molar-refractivity contribution < 1.29 is 13.5 Å². The lowest BCUT2D eigenvalue weighted by Crippen LogP contribution is -2.32. The largest absolute Gasteiger partial charge is 0.487 e. The van der Waals surface area contributed by atoms with Crippen molar-refractivity contribution in [2.75, 3.05) is 5.32 Å². The highest BCUT2D eigenvalue weighted by Gasteiger charge is 2.35. The van der Waals surface area contributed by atoms with Crippen molar-refractivity contribution in [1.82, 2.24) is 29.8 Å². The summed E-state index contributed by atoms with van der Waals surface area (Å²) in [4.78, 5) is 4.60. The summed E-state index contributed by atoms with van der Waals surface area (Å²) >= 11 is 0. The van der Waals surface area contributed by atoms with Crippen molar-refractivity contribution in [3.05, 3.63) is 42.0 Å². The molecule has 0 aliphatic heterocycles. The molecule has 0 amide bonds. The van der Waals surface area contributed by atoms with Crippen LogP contribution in [0.5, 0.6) is 5.75 Å². The second-order valence-electron chi connectivity index (χ2n) is 7.36. The van der Waals surface area contributed by atoms with Crippen LogP contribution in [0.25, 0.3) is 5.82 Å². The van der Waals surface area contributed by atoms with E-state index in [1.807, 2.05) is 19.2 Å². The third kappa shape index (κ3) is 4.69. The normalized spacial score (nSPS) is 16.7. The fourth-order valence-electron chi connectivity index (χ4n) is 3.30. The predicted octanol–water partition coefficient (Wildman–Crippen LogP) is 3.27. The lowest BCUT2D eigenvalue weighted by molar-refractivity contribution is -0.0361. The second-order valence-corrected chi connectivity index (χ2v) is 7.36. The molecular weight excluding hydrogens is 380 g/mol. The van der Waals surface area contributed by atoms with Crippen LogP contribution in [0.15, 0.2) is 30.6 Å².